The maximum Gasteiger partial charge on any atom is 0.342 e. The third-order valence-electron chi connectivity index (χ3n) is 1.39. The van der Waals surface area contributed by atoms with E-state index in [1.807, 2.05) is 0 Å². The second-order valence-electron chi connectivity index (χ2n) is 2.50. The summed E-state index contributed by atoms with van der Waals surface area (Å²) in [6, 6.07) is 0. The maximum atomic E-state index is 11.2. The standard InChI is InChI=1S/C7H15NO4/c1-4-11-6(9)7(2,12-8)5-10-3/h4-5,8H2,1-3H3/t7-/m1/s1. The SMILES string of the molecule is CCOC(=O)[C@@](C)(COC)ON. The molecule has 0 saturated carbocycles. The van der Waals surface area contributed by atoms with Gasteiger partial charge in [0.2, 0.25) is 5.60 Å². The van der Waals surface area contributed by atoms with Crippen molar-refractivity contribution in [1.29, 1.82) is 0 Å². The lowest BCUT2D eigenvalue weighted by atomic mass is 10.1. The van der Waals surface area contributed by atoms with Crippen molar-refractivity contribution < 1.29 is 19.1 Å². The van der Waals surface area contributed by atoms with Crippen LogP contribution in [-0.4, -0.2) is 31.9 Å². The number of hydrogen-bond acceptors (Lipinski definition) is 5. The first-order valence-corrected chi connectivity index (χ1v) is 3.64. The second-order valence-corrected chi connectivity index (χ2v) is 2.50. The smallest absolute Gasteiger partial charge is 0.342 e. The highest BCUT2D eigenvalue weighted by atomic mass is 16.7. The second kappa shape index (κ2) is 5.08. The van der Waals surface area contributed by atoms with E-state index < -0.39 is 11.6 Å². The predicted molar refractivity (Wildman–Crippen MR) is 42.2 cm³/mol. The summed E-state index contributed by atoms with van der Waals surface area (Å²) in [6.45, 7) is 3.58. The molecule has 0 bridgehead atoms. The summed E-state index contributed by atoms with van der Waals surface area (Å²) in [7, 11) is 1.45. The molecule has 12 heavy (non-hydrogen) atoms. The van der Waals surface area contributed by atoms with Gasteiger partial charge >= 0.3 is 5.97 Å². The van der Waals surface area contributed by atoms with Crippen LogP contribution in [0.1, 0.15) is 13.8 Å². The zero-order valence-electron chi connectivity index (χ0n) is 7.62. The van der Waals surface area contributed by atoms with Crippen LogP contribution in [0.15, 0.2) is 0 Å². The van der Waals surface area contributed by atoms with Crippen molar-refractivity contribution in [1.82, 2.24) is 0 Å². The number of carbonyl (C=O) groups excluding carboxylic acids is 1. The van der Waals surface area contributed by atoms with E-state index in [2.05, 4.69) is 4.84 Å². The van der Waals surface area contributed by atoms with Gasteiger partial charge in [-0.15, -0.1) is 0 Å². The first-order valence-electron chi connectivity index (χ1n) is 3.64. The molecule has 0 aromatic rings. The molecule has 0 rings (SSSR count). The van der Waals surface area contributed by atoms with Gasteiger partial charge in [0.15, 0.2) is 0 Å². The normalized spacial score (nSPS) is 15.3. The lowest BCUT2D eigenvalue weighted by Crippen LogP contribution is -2.46. The molecule has 5 nitrogen and oxygen atoms in total. The van der Waals surface area contributed by atoms with Gasteiger partial charge in [-0.2, -0.15) is 0 Å². The molecule has 0 aliphatic carbocycles. The van der Waals surface area contributed by atoms with Crippen LogP contribution in [0.2, 0.25) is 0 Å². The van der Waals surface area contributed by atoms with Crippen molar-refractivity contribution >= 4 is 5.97 Å². The van der Waals surface area contributed by atoms with Crippen LogP contribution in [0.25, 0.3) is 0 Å². The van der Waals surface area contributed by atoms with Crippen LogP contribution in [0.4, 0.5) is 0 Å². The van der Waals surface area contributed by atoms with Crippen molar-refractivity contribution in [3.8, 4) is 0 Å². The molecule has 0 saturated heterocycles. The van der Waals surface area contributed by atoms with Crippen LogP contribution in [0.5, 0.6) is 0 Å². The Bertz CT molecular complexity index is 150. The fourth-order valence-electron chi connectivity index (χ4n) is 0.700. The molecule has 5 heteroatoms. The van der Waals surface area contributed by atoms with Gasteiger partial charge in [-0.05, 0) is 13.8 Å². The molecule has 0 unspecified atom stereocenters. The van der Waals surface area contributed by atoms with E-state index in [0.717, 1.165) is 0 Å². The fraction of sp³-hybridized carbons (Fsp3) is 0.857. The number of ether oxygens (including phenoxy) is 2. The van der Waals surface area contributed by atoms with Gasteiger partial charge < -0.3 is 9.47 Å². The van der Waals surface area contributed by atoms with Crippen molar-refractivity contribution in [2.45, 2.75) is 19.4 Å². The van der Waals surface area contributed by atoms with E-state index >= 15 is 0 Å². The molecule has 0 aromatic carbocycles. The topological polar surface area (TPSA) is 70.8 Å². The predicted octanol–water partition coefficient (Wildman–Crippen LogP) is -0.155. The minimum absolute atomic E-state index is 0.0718. The van der Waals surface area contributed by atoms with Crippen molar-refractivity contribution in [3.05, 3.63) is 0 Å². The Morgan fingerprint density at radius 2 is 2.17 bits per heavy atom. The summed E-state index contributed by atoms with van der Waals surface area (Å²) in [5.41, 5.74) is -1.20. The fourth-order valence-corrected chi connectivity index (χ4v) is 0.700. The summed E-state index contributed by atoms with van der Waals surface area (Å²) >= 11 is 0. The highest BCUT2D eigenvalue weighted by Crippen LogP contribution is 2.10. The quantitative estimate of drug-likeness (QED) is 0.467. The largest absolute Gasteiger partial charge is 0.464 e. The molecule has 0 aromatic heterocycles. The average Bonchev–Trinajstić information content (AvgIpc) is 2.05. The molecular formula is C7H15NO4. The zero-order valence-corrected chi connectivity index (χ0v) is 7.62. The third-order valence-corrected chi connectivity index (χ3v) is 1.39. The van der Waals surface area contributed by atoms with E-state index in [4.69, 9.17) is 15.4 Å². The first kappa shape index (κ1) is 11.4. The van der Waals surface area contributed by atoms with Gasteiger partial charge in [0.05, 0.1) is 13.2 Å². The molecule has 0 heterocycles. The molecule has 0 aliphatic heterocycles. The Kier molecular flexibility index (Phi) is 4.80. The summed E-state index contributed by atoms with van der Waals surface area (Å²) < 4.78 is 9.49. The summed E-state index contributed by atoms with van der Waals surface area (Å²) in [5, 5.41) is 0. The highest BCUT2D eigenvalue weighted by molar-refractivity contribution is 5.79. The average molecular weight is 177 g/mol. The molecule has 72 valence electrons. The van der Waals surface area contributed by atoms with Gasteiger partial charge in [-0.25, -0.2) is 10.7 Å². The molecule has 0 aliphatic rings. The Balaban J connectivity index is 4.18. The molecule has 1 atom stereocenters. The summed E-state index contributed by atoms with van der Waals surface area (Å²) in [4.78, 5) is 15.7. The van der Waals surface area contributed by atoms with Crippen LogP contribution in [0.3, 0.4) is 0 Å². The Morgan fingerprint density at radius 1 is 1.58 bits per heavy atom. The van der Waals surface area contributed by atoms with Gasteiger partial charge in [0.25, 0.3) is 0 Å². The van der Waals surface area contributed by atoms with E-state index in [-0.39, 0.29) is 6.61 Å². The van der Waals surface area contributed by atoms with Gasteiger partial charge in [0, 0.05) is 7.11 Å². The van der Waals surface area contributed by atoms with Crippen LogP contribution in [-0.2, 0) is 19.1 Å². The van der Waals surface area contributed by atoms with Gasteiger partial charge in [-0.1, -0.05) is 0 Å². The lowest BCUT2D eigenvalue weighted by molar-refractivity contribution is -0.177. The number of nitrogens with two attached hydrogens (primary N) is 1. The van der Waals surface area contributed by atoms with Gasteiger partial charge in [0.1, 0.15) is 0 Å². The van der Waals surface area contributed by atoms with Crippen molar-refractivity contribution in [2.24, 2.45) is 5.90 Å². The van der Waals surface area contributed by atoms with E-state index in [1.165, 1.54) is 14.0 Å². The Hall–Kier alpha value is -0.650. The summed E-state index contributed by atoms with van der Waals surface area (Å²) in [6.07, 6.45) is 0. The molecule has 0 radical (unpaired) electrons. The third kappa shape index (κ3) is 2.77. The maximum absolute atomic E-state index is 11.2. The number of hydrogen-bond donors (Lipinski definition) is 1. The monoisotopic (exact) mass is 177 g/mol. The van der Waals surface area contributed by atoms with E-state index in [0.29, 0.717) is 6.61 Å². The molecule has 0 amide bonds. The highest BCUT2D eigenvalue weighted by Gasteiger charge is 2.35. The Labute approximate surface area is 71.7 Å². The zero-order chi connectivity index (χ0) is 9.61. The number of esters is 1. The number of methoxy groups -OCH3 is 1. The summed E-state index contributed by atoms with van der Waals surface area (Å²) in [5.74, 6) is 4.42. The number of carbonyl (C=O) groups is 1. The van der Waals surface area contributed by atoms with E-state index in [1.54, 1.807) is 6.92 Å². The Morgan fingerprint density at radius 3 is 2.50 bits per heavy atom. The molecule has 0 fully saturated rings. The molecule has 0 spiro atoms. The van der Waals surface area contributed by atoms with Crippen molar-refractivity contribution in [2.75, 3.05) is 20.3 Å². The van der Waals surface area contributed by atoms with Crippen LogP contribution in [0, 0.1) is 0 Å². The van der Waals surface area contributed by atoms with Gasteiger partial charge in [-0.3, -0.25) is 4.84 Å². The van der Waals surface area contributed by atoms with E-state index in [9.17, 15) is 4.79 Å². The van der Waals surface area contributed by atoms with Crippen molar-refractivity contribution in [3.63, 3.8) is 0 Å². The lowest BCUT2D eigenvalue weighted by Gasteiger charge is -2.23. The van der Waals surface area contributed by atoms with Crippen LogP contribution < -0.4 is 5.90 Å². The molecular weight excluding hydrogens is 162 g/mol. The minimum atomic E-state index is -1.20. The first-order chi connectivity index (χ1) is 5.60. The van der Waals surface area contributed by atoms with Crippen LogP contribution >= 0.6 is 0 Å². The number of rotatable bonds is 5. The molecule has 2 N–H and O–H groups in total. The minimum Gasteiger partial charge on any atom is -0.464 e.